The lowest BCUT2D eigenvalue weighted by Crippen LogP contribution is -2.33. The number of para-hydroxylation sites is 1. The van der Waals surface area contributed by atoms with Crippen molar-refractivity contribution in [1.82, 2.24) is 15.2 Å². The Kier molecular flexibility index (Phi) is 5.38. The molecule has 0 atom stereocenters. The molecule has 0 aliphatic heterocycles. The molecule has 2 aromatic carbocycles. The van der Waals surface area contributed by atoms with Crippen molar-refractivity contribution in [3.63, 3.8) is 0 Å². The van der Waals surface area contributed by atoms with Crippen molar-refractivity contribution in [2.75, 3.05) is 0 Å². The number of hydrogen-bond donors (Lipinski definition) is 1. The zero-order valence-electron chi connectivity index (χ0n) is 18.7. The van der Waals surface area contributed by atoms with E-state index in [0.29, 0.717) is 23.7 Å². The molecule has 2 fully saturated rings. The van der Waals surface area contributed by atoms with Gasteiger partial charge in [0.1, 0.15) is 0 Å². The van der Waals surface area contributed by atoms with E-state index in [9.17, 15) is 9.59 Å². The molecule has 6 heteroatoms. The summed E-state index contributed by atoms with van der Waals surface area (Å²) >= 11 is 1.63. The fraction of sp³-hybridized carbons (Fsp3) is 0.250. The van der Waals surface area contributed by atoms with Crippen molar-refractivity contribution in [2.45, 2.75) is 44.3 Å². The number of carbonyl (C=O) groups is 2. The highest BCUT2D eigenvalue weighted by atomic mass is 32.1. The number of amides is 2. The van der Waals surface area contributed by atoms with Gasteiger partial charge in [-0.25, -0.2) is 4.98 Å². The van der Waals surface area contributed by atoms with Crippen molar-refractivity contribution in [2.24, 2.45) is 0 Å². The second-order valence-electron chi connectivity index (χ2n) is 9.16. The van der Waals surface area contributed by atoms with Gasteiger partial charge in [0.15, 0.2) is 0 Å². The van der Waals surface area contributed by atoms with Gasteiger partial charge in [0.05, 0.1) is 21.7 Å². The van der Waals surface area contributed by atoms with Gasteiger partial charge in [-0.05, 0) is 67.0 Å². The first kappa shape index (κ1) is 21.1. The fourth-order valence-electron chi connectivity index (χ4n) is 4.27. The van der Waals surface area contributed by atoms with Gasteiger partial charge in [0, 0.05) is 29.6 Å². The predicted octanol–water partition coefficient (Wildman–Crippen LogP) is 5.66. The van der Waals surface area contributed by atoms with Crippen LogP contribution in [0.3, 0.4) is 0 Å². The zero-order valence-corrected chi connectivity index (χ0v) is 19.6. The minimum atomic E-state index is -0.0199. The molecule has 5 nitrogen and oxygen atoms in total. The van der Waals surface area contributed by atoms with Crippen LogP contribution in [0.4, 0.5) is 0 Å². The van der Waals surface area contributed by atoms with Crippen LogP contribution in [0.1, 0.15) is 52.0 Å². The maximum absolute atomic E-state index is 13.9. The molecule has 2 aliphatic rings. The third-order valence-electron chi connectivity index (χ3n) is 6.45. The van der Waals surface area contributed by atoms with Crippen molar-refractivity contribution < 1.29 is 9.59 Å². The summed E-state index contributed by atoms with van der Waals surface area (Å²) in [7, 11) is 0. The van der Waals surface area contributed by atoms with Crippen LogP contribution >= 0.6 is 11.3 Å². The van der Waals surface area contributed by atoms with Gasteiger partial charge in [-0.1, -0.05) is 36.4 Å². The molecule has 0 spiro atoms. The van der Waals surface area contributed by atoms with E-state index in [1.54, 1.807) is 11.3 Å². The van der Waals surface area contributed by atoms with E-state index >= 15 is 0 Å². The van der Waals surface area contributed by atoms with Gasteiger partial charge in [0.2, 0.25) is 0 Å². The largest absolute Gasteiger partial charge is 0.349 e. The fourth-order valence-corrected chi connectivity index (χ4v) is 4.95. The van der Waals surface area contributed by atoms with Crippen molar-refractivity contribution in [3.05, 3.63) is 88.8 Å². The molecular formula is C28H25N3O2S. The van der Waals surface area contributed by atoms with E-state index in [2.05, 4.69) is 5.32 Å². The van der Waals surface area contributed by atoms with E-state index < -0.39 is 0 Å². The standard InChI is InChI=1S/C28H25N3O2S/c32-27(29-20-11-12-20)19-9-7-18(8-10-19)17-31(21-13-14-21)28(33)23-16-25(26-6-3-15-34-26)30-24-5-2-1-4-22(23)24/h1-10,15-16,20-21H,11-14,17H2,(H,29,32). The summed E-state index contributed by atoms with van der Waals surface area (Å²) < 4.78 is 0. The van der Waals surface area contributed by atoms with Gasteiger partial charge >= 0.3 is 0 Å². The highest BCUT2D eigenvalue weighted by Crippen LogP contribution is 2.33. The summed E-state index contributed by atoms with van der Waals surface area (Å²) in [5, 5.41) is 5.93. The number of nitrogens with one attached hydrogen (secondary N) is 1. The maximum atomic E-state index is 13.9. The third kappa shape index (κ3) is 4.33. The van der Waals surface area contributed by atoms with E-state index in [1.165, 1.54) is 0 Å². The van der Waals surface area contributed by atoms with Crippen LogP contribution in [0, 0.1) is 0 Å². The van der Waals surface area contributed by atoms with Gasteiger partial charge < -0.3 is 10.2 Å². The number of hydrogen-bond acceptors (Lipinski definition) is 4. The highest BCUT2D eigenvalue weighted by molar-refractivity contribution is 7.13. The maximum Gasteiger partial charge on any atom is 0.255 e. The van der Waals surface area contributed by atoms with Crippen molar-refractivity contribution >= 4 is 34.1 Å². The SMILES string of the molecule is O=C(NC1CC1)c1ccc(CN(C(=O)c2cc(-c3cccs3)nc3ccccc23)C2CC2)cc1. The van der Waals surface area contributed by atoms with Crippen LogP contribution in [-0.2, 0) is 6.54 Å². The number of thiophene rings is 1. The Labute approximate surface area is 202 Å². The predicted molar refractivity (Wildman–Crippen MR) is 135 cm³/mol. The molecule has 0 unspecified atom stereocenters. The number of benzene rings is 2. The number of rotatable bonds is 7. The third-order valence-corrected chi connectivity index (χ3v) is 7.34. The minimum absolute atomic E-state index is 0.0199. The summed E-state index contributed by atoms with van der Waals surface area (Å²) in [4.78, 5) is 34.1. The Morgan fingerprint density at radius 1 is 0.971 bits per heavy atom. The smallest absolute Gasteiger partial charge is 0.255 e. The number of aromatic nitrogens is 1. The molecule has 4 aromatic rings. The molecule has 0 bridgehead atoms. The van der Waals surface area contributed by atoms with Crippen LogP contribution in [0.15, 0.2) is 72.1 Å². The number of fused-ring (bicyclic) bond motifs is 1. The highest BCUT2D eigenvalue weighted by Gasteiger charge is 2.34. The molecule has 2 heterocycles. The van der Waals surface area contributed by atoms with Crippen LogP contribution in [0.2, 0.25) is 0 Å². The number of nitrogens with zero attached hydrogens (tertiary/aromatic N) is 2. The molecule has 2 aromatic heterocycles. The molecule has 0 radical (unpaired) electrons. The second kappa shape index (κ2) is 8.69. The Bertz CT molecular complexity index is 1360. The molecule has 2 aliphatic carbocycles. The molecule has 2 amide bonds. The normalized spacial score (nSPS) is 15.3. The zero-order chi connectivity index (χ0) is 23.1. The first-order valence-electron chi connectivity index (χ1n) is 11.8. The van der Waals surface area contributed by atoms with Gasteiger partial charge in [-0.2, -0.15) is 0 Å². The average Bonchev–Trinajstić information content (AvgIpc) is 3.81. The summed E-state index contributed by atoms with van der Waals surface area (Å²) in [5.41, 5.74) is 4.06. The number of carbonyl (C=O) groups excluding carboxylic acids is 2. The van der Waals surface area contributed by atoms with Crippen LogP contribution in [0.5, 0.6) is 0 Å². The molecule has 0 saturated heterocycles. The molecule has 6 rings (SSSR count). The first-order valence-corrected chi connectivity index (χ1v) is 12.7. The Morgan fingerprint density at radius 3 is 2.47 bits per heavy atom. The van der Waals surface area contributed by atoms with Gasteiger partial charge in [-0.3, -0.25) is 9.59 Å². The molecule has 34 heavy (non-hydrogen) atoms. The molecule has 2 saturated carbocycles. The summed E-state index contributed by atoms with van der Waals surface area (Å²) in [6.07, 6.45) is 4.18. The Balaban J connectivity index is 1.30. The monoisotopic (exact) mass is 467 g/mol. The molecular weight excluding hydrogens is 442 g/mol. The lowest BCUT2D eigenvalue weighted by atomic mass is 10.0. The minimum Gasteiger partial charge on any atom is -0.349 e. The summed E-state index contributed by atoms with van der Waals surface area (Å²) in [6.45, 7) is 0.527. The van der Waals surface area contributed by atoms with Crippen molar-refractivity contribution in [3.8, 4) is 10.6 Å². The van der Waals surface area contributed by atoms with E-state index in [1.807, 2.05) is 77.0 Å². The molecule has 1 N–H and O–H groups in total. The summed E-state index contributed by atoms with van der Waals surface area (Å²) in [5.74, 6) is 0.0167. The van der Waals surface area contributed by atoms with Gasteiger partial charge in [0.25, 0.3) is 11.8 Å². The first-order chi connectivity index (χ1) is 16.7. The Morgan fingerprint density at radius 2 is 1.76 bits per heavy atom. The number of pyridine rings is 1. The van der Waals surface area contributed by atoms with E-state index in [-0.39, 0.29) is 17.9 Å². The topological polar surface area (TPSA) is 62.3 Å². The lowest BCUT2D eigenvalue weighted by Gasteiger charge is -2.24. The lowest BCUT2D eigenvalue weighted by molar-refractivity contribution is 0.0731. The van der Waals surface area contributed by atoms with Crippen LogP contribution in [-0.4, -0.2) is 33.8 Å². The average molecular weight is 468 g/mol. The Hall–Kier alpha value is -3.51. The van der Waals surface area contributed by atoms with Crippen LogP contribution in [0.25, 0.3) is 21.5 Å². The van der Waals surface area contributed by atoms with E-state index in [4.69, 9.17) is 4.98 Å². The quantitative estimate of drug-likeness (QED) is 0.381. The van der Waals surface area contributed by atoms with E-state index in [0.717, 1.165) is 52.7 Å². The summed E-state index contributed by atoms with van der Waals surface area (Å²) in [6, 6.07) is 22.1. The van der Waals surface area contributed by atoms with Crippen LogP contribution < -0.4 is 5.32 Å². The van der Waals surface area contributed by atoms with Crippen molar-refractivity contribution in [1.29, 1.82) is 0 Å². The second-order valence-corrected chi connectivity index (χ2v) is 10.1. The van der Waals surface area contributed by atoms with Gasteiger partial charge in [-0.15, -0.1) is 11.3 Å². The molecule has 170 valence electrons.